The fourth-order valence-corrected chi connectivity index (χ4v) is 7.76. The van der Waals surface area contributed by atoms with Crippen molar-refractivity contribution in [2.45, 2.75) is 76.7 Å². The van der Waals surface area contributed by atoms with E-state index in [0.717, 1.165) is 5.57 Å². The third-order valence-electron chi connectivity index (χ3n) is 9.16. The number of rotatable bonds is 4. The van der Waals surface area contributed by atoms with E-state index in [4.69, 9.17) is 9.47 Å². The highest BCUT2D eigenvalue weighted by atomic mass is 32.2. The highest BCUT2D eigenvalue weighted by molar-refractivity contribution is 7.98. The van der Waals surface area contributed by atoms with E-state index in [2.05, 4.69) is 0 Å². The van der Waals surface area contributed by atoms with E-state index in [9.17, 15) is 32.7 Å². The molecule has 4 aliphatic rings. The number of aliphatic hydroxyl groups is 1. The monoisotopic (exact) mass is 504 g/mol. The Balaban J connectivity index is 1.76. The van der Waals surface area contributed by atoms with E-state index in [1.165, 1.54) is 11.8 Å². The first-order chi connectivity index (χ1) is 15.8. The molecule has 0 radical (unpaired) electrons. The predicted octanol–water partition coefficient (Wildman–Crippen LogP) is 4.20. The Morgan fingerprint density at radius 1 is 1.21 bits per heavy atom. The average molecular weight is 505 g/mol. The zero-order chi connectivity index (χ0) is 25.1. The van der Waals surface area contributed by atoms with Crippen molar-refractivity contribution in [3.63, 3.8) is 0 Å². The molecule has 10 heteroatoms. The zero-order valence-corrected chi connectivity index (χ0v) is 20.4. The van der Waals surface area contributed by atoms with Gasteiger partial charge in [0.15, 0.2) is 11.4 Å². The number of carbonyl (C=O) groups is 3. The number of hydrogen-bond donors (Lipinski definition) is 1. The van der Waals surface area contributed by atoms with Crippen molar-refractivity contribution >= 4 is 29.5 Å². The Morgan fingerprint density at radius 2 is 1.91 bits per heavy atom. The molecule has 0 spiro atoms. The third-order valence-corrected chi connectivity index (χ3v) is 9.52. The number of halogens is 3. The minimum atomic E-state index is -5.16. The van der Waals surface area contributed by atoms with Crippen LogP contribution < -0.4 is 0 Å². The first kappa shape index (κ1) is 25.5. The molecule has 3 fully saturated rings. The van der Waals surface area contributed by atoms with E-state index < -0.39 is 46.6 Å². The van der Waals surface area contributed by atoms with Gasteiger partial charge in [-0.05, 0) is 68.1 Å². The Bertz CT molecular complexity index is 919. The van der Waals surface area contributed by atoms with Gasteiger partial charge in [0.25, 0.3) is 0 Å². The summed E-state index contributed by atoms with van der Waals surface area (Å²) in [5, 5.41) is 11.6. The maximum absolute atomic E-state index is 13.2. The molecule has 34 heavy (non-hydrogen) atoms. The summed E-state index contributed by atoms with van der Waals surface area (Å²) >= 11 is 1.28. The van der Waals surface area contributed by atoms with Crippen LogP contribution in [-0.2, 0) is 23.9 Å². The second kappa shape index (κ2) is 8.54. The van der Waals surface area contributed by atoms with Crippen LogP contribution in [0.2, 0.25) is 0 Å². The highest BCUT2D eigenvalue weighted by Gasteiger charge is 2.70. The van der Waals surface area contributed by atoms with Gasteiger partial charge in [-0.15, -0.1) is 11.8 Å². The van der Waals surface area contributed by atoms with Crippen LogP contribution in [0.5, 0.6) is 0 Å². The molecule has 0 saturated heterocycles. The van der Waals surface area contributed by atoms with Crippen molar-refractivity contribution in [1.82, 2.24) is 0 Å². The number of alkyl halides is 3. The summed E-state index contributed by atoms with van der Waals surface area (Å²) in [6.45, 7) is 3.67. The van der Waals surface area contributed by atoms with Gasteiger partial charge in [-0.2, -0.15) is 13.2 Å². The number of carbonyl (C=O) groups excluding carboxylic acids is 3. The molecule has 0 amide bonds. The maximum atomic E-state index is 13.2. The molecule has 4 aliphatic carbocycles. The molecule has 0 aromatic heterocycles. The topological polar surface area (TPSA) is 89.9 Å². The van der Waals surface area contributed by atoms with E-state index in [-0.39, 0.29) is 42.8 Å². The van der Waals surface area contributed by atoms with Gasteiger partial charge in [-0.3, -0.25) is 4.79 Å². The summed E-state index contributed by atoms with van der Waals surface area (Å²) in [5.41, 5.74) is -2.67. The standard InChI is InChI=1S/C24H31F3O6S/c1-21-8-6-14(28)10-13(21)4-5-15-16-7-9-23(31,19(29)32-12-34-3)22(16,2)11-17(18(15)21)33-20(30)24(25,26)27/h10,15-18,31H,4-9,11-12H2,1-3H3/t15-,16-,17?,18-,21-,22-,23?/m0/s1. The fourth-order valence-electron chi connectivity index (χ4n) is 7.54. The molecule has 0 bridgehead atoms. The van der Waals surface area contributed by atoms with Crippen molar-refractivity contribution in [1.29, 1.82) is 0 Å². The number of esters is 2. The molecule has 0 heterocycles. The van der Waals surface area contributed by atoms with Gasteiger partial charge >= 0.3 is 18.1 Å². The van der Waals surface area contributed by atoms with Crippen LogP contribution in [0.25, 0.3) is 0 Å². The van der Waals surface area contributed by atoms with Gasteiger partial charge in [0, 0.05) is 17.8 Å². The molecule has 0 aromatic rings. The first-order valence-electron chi connectivity index (χ1n) is 11.7. The van der Waals surface area contributed by atoms with Crippen molar-refractivity contribution in [3.05, 3.63) is 11.6 Å². The second-order valence-corrected chi connectivity index (χ2v) is 11.5. The molecule has 190 valence electrons. The van der Waals surface area contributed by atoms with Crippen LogP contribution in [0, 0.1) is 28.6 Å². The van der Waals surface area contributed by atoms with Gasteiger partial charge in [0.2, 0.25) is 0 Å². The molecule has 1 N–H and O–H groups in total. The molecular formula is C24H31F3O6S. The number of allylic oxidation sites excluding steroid dienone is 1. The Morgan fingerprint density at radius 3 is 2.56 bits per heavy atom. The van der Waals surface area contributed by atoms with Crippen LogP contribution in [0.4, 0.5) is 13.2 Å². The molecule has 7 atom stereocenters. The first-order valence-corrected chi connectivity index (χ1v) is 13.1. The molecule has 4 rings (SSSR count). The van der Waals surface area contributed by atoms with E-state index in [1.807, 2.05) is 6.92 Å². The summed E-state index contributed by atoms with van der Waals surface area (Å²) in [4.78, 5) is 37.0. The molecule has 2 unspecified atom stereocenters. The normalized spacial score (nSPS) is 41.6. The largest absolute Gasteiger partial charge is 0.490 e. The summed E-state index contributed by atoms with van der Waals surface area (Å²) in [5.74, 6) is -3.74. The summed E-state index contributed by atoms with van der Waals surface area (Å²) in [7, 11) is 0. The Kier molecular flexibility index (Phi) is 6.41. The fraction of sp³-hybridized carbons (Fsp3) is 0.792. The lowest BCUT2D eigenvalue weighted by Crippen LogP contribution is -2.62. The number of ether oxygens (including phenoxy) is 2. The summed E-state index contributed by atoms with van der Waals surface area (Å²) in [6.07, 6.45) is -0.397. The lowest BCUT2D eigenvalue weighted by molar-refractivity contribution is -0.229. The summed E-state index contributed by atoms with van der Waals surface area (Å²) < 4.78 is 50.1. The number of thioether (sulfide) groups is 1. The smallest absolute Gasteiger partial charge is 0.455 e. The highest BCUT2D eigenvalue weighted by Crippen LogP contribution is 2.68. The van der Waals surface area contributed by atoms with Crippen LogP contribution >= 0.6 is 11.8 Å². The van der Waals surface area contributed by atoms with Crippen molar-refractivity contribution in [2.24, 2.45) is 28.6 Å². The Hall–Kier alpha value is -1.55. The van der Waals surface area contributed by atoms with Gasteiger partial charge in [0.1, 0.15) is 12.0 Å². The van der Waals surface area contributed by atoms with Crippen molar-refractivity contribution in [3.8, 4) is 0 Å². The third kappa shape index (κ3) is 3.79. The van der Waals surface area contributed by atoms with Crippen molar-refractivity contribution < 1.29 is 42.1 Å². The van der Waals surface area contributed by atoms with E-state index in [0.29, 0.717) is 25.7 Å². The van der Waals surface area contributed by atoms with Crippen LogP contribution in [0.3, 0.4) is 0 Å². The predicted molar refractivity (Wildman–Crippen MR) is 117 cm³/mol. The minimum absolute atomic E-state index is 0.00203. The average Bonchev–Trinajstić information content (AvgIpc) is 3.03. The SMILES string of the molecule is CSCOC(=O)C1(O)CC[C@H]2[C@@H]3CCC4=CC(=O)CC[C@]4(C)[C@@H]3C(OC(=O)C(F)(F)F)C[C@@]21C. The second-order valence-electron chi connectivity index (χ2n) is 10.7. The number of hydrogen-bond acceptors (Lipinski definition) is 7. The van der Waals surface area contributed by atoms with Gasteiger partial charge in [-0.25, -0.2) is 9.59 Å². The molecule has 6 nitrogen and oxygen atoms in total. The van der Waals surface area contributed by atoms with E-state index >= 15 is 0 Å². The molecular weight excluding hydrogens is 473 g/mol. The van der Waals surface area contributed by atoms with E-state index in [1.54, 1.807) is 19.3 Å². The van der Waals surface area contributed by atoms with Crippen LogP contribution in [-0.4, -0.2) is 52.9 Å². The minimum Gasteiger partial charge on any atom is -0.455 e. The van der Waals surface area contributed by atoms with Gasteiger partial charge < -0.3 is 14.6 Å². The number of fused-ring (bicyclic) bond motifs is 5. The maximum Gasteiger partial charge on any atom is 0.490 e. The Labute approximate surface area is 201 Å². The quantitative estimate of drug-likeness (QED) is 0.453. The van der Waals surface area contributed by atoms with Crippen molar-refractivity contribution in [2.75, 3.05) is 12.2 Å². The van der Waals surface area contributed by atoms with Gasteiger partial charge in [0.05, 0.1) is 0 Å². The number of ketones is 1. The molecule has 0 aliphatic heterocycles. The van der Waals surface area contributed by atoms with Crippen LogP contribution in [0.1, 0.15) is 58.8 Å². The lowest BCUT2D eigenvalue weighted by Gasteiger charge is -2.60. The van der Waals surface area contributed by atoms with Crippen LogP contribution in [0.15, 0.2) is 11.6 Å². The van der Waals surface area contributed by atoms with Gasteiger partial charge in [-0.1, -0.05) is 19.4 Å². The zero-order valence-electron chi connectivity index (χ0n) is 19.6. The summed E-state index contributed by atoms with van der Waals surface area (Å²) in [6, 6.07) is 0. The molecule has 0 aromatic carbocycles. The molecule has 3 saturated carbocycles. The lowest BCUT2D eigenvalue weighted by atomic mass is 9.45.